The average molecular weight is 519 g/mol. The second-order valence-corrected chi connectivity index (χ2v) is 11.1. The highest BCUT2D eigenvalue weighted by Gasteiger charge is 2.20. The lowest BCUT2D eigenvalue weighted by atomic mass is 10.0. The number of hydrogen-bond acceptors (Lipinski definition) is 7. The SMILES string of the molecule is C=C(Nc1cncc(-c2ccc3[nH]nc(-c4nc5c(-c6ccc(C)s6)nccc5[nH]4)c3n2)c1)C1CCCC1. The van der Waals surface area contributed by atoms with Crippen LogP contribution in [0, 0.1) is 12.8 Å². The van der Waals surface area contributed by atoms with Crippen LogP contribution >= 0.6 is 11.3 Å². The number of nitrogens with one attached hydrogen (secondary N) is 3. The highest BCUT2D eigenvalue weighted by atomic mass is 32.1. The van der Waals surface area contributed by atoms with Gasteiger partial charge in [0.05, 0.1) is 33.5 Å². The molecule has 0 radical (unpaired) electrons. The molecule has 0 atom stereocenters. The van der Waals surface area contributed by atoms with Crippen molar-refractivity contribution in [3.63, 3.8) is 0 Å². The number of rotatable bonds is 6. The van der Waals surface area contributed by atoms with Crippen molar-refractivity contribution < 1.29 is 0 Å². The molecule has 3 N–H and O–H groups in total. The van der Waals surface area contributed by atoms with Crippen LogP contribution in [0.25, 0.3) is 55.4 Å². The zero-order valence-electron chi connectivity index (χ0n) is 21.0. The molecule has 0 amide bonds. The van der Waals surface area contributed by atoms with E-state index in [1.807, 2.05) is 36.8 Å². The fourth-order valence-corrected chi connectivity index (χ4v) is 6.09. The summed E-state index contributed by atoms with van der Waals surface area (Å²) in [5, 5.41) is 11.1. The van der Waals surface area contributed by atoms with Gasteiger partial charge in [-0.3, -0.25) is 15.1 Å². The second kappa shape index (κ2) is 9.18. The molecule has 188 valence electrons. The predicted molar refractivity (Wildman–Crippen MR) is 153 cm³/mol. The van der Waals surface area contributed by atoms with Gasteiger partial charge in [0.2, 0.25) is 0 Å². The van der Waals surface area contributed by atoms with Crippen molar-refractivity contribution in [3.8, 4) is 33.3 Å². The lowest BCUT2D eigenvalue weighted by molar-refractivity contribution is 0.649. The number of pyridine rings is 3. The Kier molecular flexibility index (Phi) is 5.51. The van der Waals surface area contributed by atoms with Crippen molar-refractivity contribution in [2.75, 3.05) is 5.32 Å². The summed E-state index contributed by atoms with van der Waals surface area (Å²) in [5.74, 6) is 1.19. The number of allylic oxidation sites excluding steroid dienone is 1. The van der Waals surface area contributed by atoms with Gasteiger partial charge in [-0.2, -0.15) is 5.10 Å². The summed E-state index contributed by atoms with van der Waals surface area (Å²) in [6.45, 7) is 6.37. The number of aromatic amines is 2. The summed E-state index contributed by atoms with van der Waals surface area (Å²) in [4.78, 5) is 24.7. The van der Waals surface area contributed by atoms with Gasteiger partial charge in [0.15, 0.2) is 11.5 Å². The van der Waals surface area contributed by atoms with Gasteiger partial charge in [0.25, 0.3) is 0 Å². The normalized spacial score (nSPS) is 14.0. The summed E-state index contributed by atoms with van der Waals surface area (Å²) in [6, 6.07) is 12.2. The van der Waals surface area contributed by atoms with Crippen molar-refractivity contribution in [2.24, 2.45) is 5.92 Å². The topological polar surface area (TPSA) is 108 Å². The first-order valence-electron chi connectivity index (χ1n) is 12.8. The molecule has 9 heteroatoms. The Balaban J connectivity index is 1.24. The molecule has 1 aliphatic rings. The third-order valence-electron chi connectivity index (χ3n) is 7.19. The Bertz CT molecular complexity index is 1800. The van der Waals surface area contributed by atoms with Gasteiger partial charge in [-0.05, 0) is 62.1 Å². The van der Waals surface area contributed by atoms with Crippen LogP contribution in [0.15, 0.2) is 67.3 Å². The van der Waals surface area contributed by atoms with Gasteiger partial charge in [0.1, 0.15) is 16.7 Å². The lowest BCUT2D eigenvalue weighted by Gasteiger charge is -2.15. The van der Waals surface area contributed by atoms with E-state index in [9.17, 15) is 0 Å². The van der Waals surface area contributed by atoms with E-state index in [0.717, 1.165) is 55.3 Å². The number of aromatic nitrogens is 7. The Morgan fingerprint density at radius 3 is 2.71 bits per heavy atom. The molecule has 1 saturated carbocycles. The molecule has 8 nitrogen and oxygen atoms in total. The van der Waals surface area contributed by atoms with Gasteiger partial charge < -0.3 is 10.3 Å². The summed E-state index contributed by atoms with van der Waals surface area (Å²) in [7, 11) is 0. The molecule has 0 aromatic carbocycles. The Hall–Kier alpha value is -4.37. The number of imidazole rings is 1. The molecule has 0 saturated heterocycles. The number of nitrogens with zero attached hydrogens (tertiary/aromatic N) is 5. The van der Waals surface area contributed by atoms with E-state index < -0.39 is 0 Å². The fourth-order valence-electron chi connectivity index (χ4n) is 5.22. The third-order valence-corrected chi connectivity index (χ3v) is 8.20. The van der Waals surface area contributed by atoms with Crippen molar-refractivity contribution in [1.82, 2.24) is 35.1 Å². The molecule has 0 unspecified atom stereocenters. The molecular formula is C29H26N8S. The minimum Gasteiger partial charge on any atom is -0.358 e. The third kappa shape index (κ3) is 4.05. The van der Waals surface area contributed by atoms with E-state index in [0.29, 0.717) is 17.4 Å². The zero-order valence-corrected chi connectivity index (χ0v) is 21.8. The van der Waals surface area contributed by atoms with E-state index in [1.54, 1.807) is 11.3 Å². The minimum atomic E-state index is 0.532. The monoisotopic (exact) mass is 518 g/mol. The van der Waals surface area contributed by atoms with E-state index >= 15 is 0 Å². The zero-order chi connectivity index (χ0) is 25.6. The molecule has 38 heavy (non-hydrogen) atoms. The molecule has 1 fully saturated rings. The molecule has 6 aromatic heterocycles. The number of thiophene rings is 1. The van der Waals surface area contributed by atoms with Gasteiger partial charge in [0, 0.05) is 28.5 Å². The maximum atomic E-state index is 4.98. The van der Waals surface area contributed by atoms with Crippen molar-refractivity contribution >= 4 is 39.1 Å². The van der Waals surface area contributed by atoms with E-state index in [4.69, 9.17) is 9.97 Å². The molecule has 0 aliphatic heterocycles. The lowest BCUT2D eigenvalue weighted by Crippen LogP contribution is -2.07. The number of H-pyrrole nitrogens is 2. The highest BCUT2D eigenvalue weighted by molar-refractivity contribution is 7.15. The van der Waals surface area contributed by atoms with Crippen LogP contribution in [0.2, 0.25) is 0 Å². The summed E-state index contributed by atoms with van der Waals surface area (Å²) in [5.41, 5.74) is 8.59. The largest absolute Gasteiger partial charge is 0.358 e. The summed E-state index contributed by atoms with van der Waals surface area (Å²) < 4.78 is 0. The second-order valence-electron chi connectivity index (χ2n) is 9.81. The van der Waals surface area contributed by atoms with Crippen LogP contribution in [-0.2, 0) is 0 Å². The maximum absolute atomic E-state index is 4.98. The van der Waals surface area contributed by atoms with E-state index in [-0.39, 0.29) is 0 Å². The molecule has 6 heterocycles. The Labute approximate surface area is 223 Å². The molecule has 1 aliphatic carbocycles. The minimum absolute atomic E-state index is 0.532. The van der Waals surface area contributed by atoms with Gasteiger partial charge in [-0.15, -0.1) is 11.3 Å². The number of fused-ring (bicyclic) bond motifs is 2. The smallest absolute Gasteiger partial charge is 0.161 e. The van der Waals surface area contributed by atoms with Crippen LogP contribution in [0.1, 0.15) is 30.6 Å². The van der Waals surface area contributed by atoms with Gasteiger partial charge in [-0.25, -0.2) is 9.97 Å². The van der Waals surface area contributed by atoms with Crippen LogP contribution in [-0.4, -0.2) is 35.1 Å². The van der Waals surface area contributed by atoms with Crippen LogP contribution in [0.5, 0.6) is 0 Å². The first-order valence-corrected chi connectivity index (χ1v) is 13.6. The molecule has 0 spiro atoms. The summed E-state index contributed by atoms with van der Waals surface area (Å²) in [6.07, 6.45) is 10.4. The Morgan fingerprint density at radius 1 is 1.00 bits per heavy atom. The number of hydrogen-bond donors (Lipinski definition) is 3. The maximum Gasteiger partial charge on any atom is 0.161 e. The van der Waals surface area contributed by atoms with Gasteiger partial charge >= 0.3 is 0 Å². The van der Waals surface area contributed by atoms with Crippen molar-refractivity contribution in [1.29, 1.82) is 0 Å². The highest BCUT2D eigenvalue weighted by Crippen LogP contribution is 2.34. The predicted octanol–water partition coefficient (Wildman–Crippen LogP) is 7.11. The van der Waals surface area contributed by atoms with Crippen LogP contribution < -0.4 is 5.32 Å². The number of anilines is 1. The van der Waals surface area contributed by atoms with Gasteiger partial charge in [-0.1, -0.05) is 19.4 Å². The first-order chi connectivity index (χ1) is 18.6. The van der Waals surface area contributed by atoms with Crippen LogP contribution in [0.4, 0.5) is 5.69 Å². The fraction of sp³-hybridized carbons (Fsp3) is 0.207. The average Bonchev–Trinajstić information content (AvgIpc) is 3.74. The van der Waals surface area contributed by atoms with Crippen molar-refractivity contribution in [3.05, 3.63) is 72.1 Å². The van der Waals surface area contributed by atoms with E-state index in [1.165, 1.54) is 30.6 Å². The molecule has 7 rings (SSSR count). The van der Waals surface area contributed by atoms with Crippen LogP contribution in [0.3, 0.4) is 0 Å². The Morgan fingerprint density at radius 2 is 1.87 bits per heavy atom. The molecule has 0 bridgehead atoms. The van der Waals surface area contributed by atoms with E-state index in [2.05, 4.69) is 62.2 Å². The quantitative estimate of drug-likeness (QED) is 0.217. The first kappa shape index (κ1) is 22.8. The van der Waals surface area contributed by atoms with Crippen molar-refractivity contribution in [2.45, 2.75) is 32.6 Å². The summed E-state index contributed by atoms with van der Waals surface area (Å²) >= 11 is 1.71. The number of aryl methyl sites for hydroxylation is 1. The molecule has 6 aromatic rings. The standard InChI is InChI=1S/C29H26N8S/c1-16-7-10-24(38-16)27-25-22(11-12-31-27)34-29(35-25)28-26-23(36-37-28)9-8-21(33-26)19-13-20(15-30-14-19)32-17(2)18-5-3-4-6-18/h7-15,18,32H,2-6H2,1H3,(H,34,35)(H,36,37). The molecular weight excluding hydrogens is 492 g/mol.